The summed E-state index contributed by atoms with van der Waals surface area (Å²) in [5.74, 6) is 0.948. The van der Waals surface area contributed by atoms with Crippen molar-refractivity contribution < 1.29 is 4.79 Å². The van der Waals surface area contributed by atoms with E-state index in [-0.39, 0.29) is 11.9 Å². The molecular weight excluding hydrogens is 246 g/mol. The topological polar surface area (TPSA) is 59.2 Å². The molecule has 1 atom stereocenters. The van der Waals surface area contributed by atoms with E-state index in [4.69, 9.17) is 5.73 Å². The van der Waals surface area contributed by atoms with Crippen LogP contribution in [0.15, 0.2) is 24.5 Å². The molecular formula is C13H21N3OS. The third-order valence-electron chi connectivity index (χ3n) is 2.81. The van der Waals surface area contributed by atoms with Gasteiger partial charge >= 0.3 is 0 Å². The van der Waals surface area contributed by atoms with Gasteiger partial charge in [-0.2, -0.15) is 11.8 Å². The predicted molar refractivity (Wildman–Crippen MR) is 76.6 cm³/mol. The van der Waals surface area contributed by atoms with Crippen LogP contribution in [0, 0.1) is 0 Å². The lowest BCUT2D eigenvalue weighted by Gasteiger charge is -2.21. The molecule has 0 aromatic carbocycles. The molecule has 0 unspecified atom stereocenters. The summed E-state index contributed by atoms with van der Waals surface area (Å²) in [6, 6.07) is 3.55. The third-order valence-corrected chi connectivity index (χ3v) is 3.46. The Hall–Kier alpha value is -1.07. The second kappa shape index (κ2) is 8.11. The fourth-order valence-electron chi connectivity index (χ4n) is 1.61. The van der Waals surface area contributed by atoms with Gasteiger partial charge in [0.2, 0.25) is 5.91 Å². The smallest absolute Gasteiger partial charge is 0.239 e. The highest BCUT2D eigenvalue weighted by Gasteiger charge is 2.17. The maximum atomic E-state index is 11.9. The van der Waals surface area contributed by atoms with E-state index in [1.807, 2.05) is 25.4 Å². The number of carbonyl (C=O) groups excluding carboxylic acids is 1. The molecule has 0 radical (unpaired) electrons. The molecule has 0 bridgehead atoms. The summed E-state index contributed by atoms with van der Waals surface area (Å²) in [6.45, 7) is 0.690. The normalized spacial score (nSPS) is 12.2. The molecule has 100 valence electrons. The Morgan fingerprint density at radius 2 is 2.17 bits per heavy atom. The standard InChI is InChI=1S/C13H21N3OS/c1-16(13(17)12(14)6-10-18-2)9-5-11-3-7-15-8-4-11/h3-4,7-8,12H,5-6,9-10,14H2,1-2H3/t12-/m1/s1. The fourth-order valence-corrected chi connectivity index (χ4v) is 2.10. The van der Waals surface area contributed by atoms with E-state index in [9.17, 15) is 4.79 Å². The van der Waals surface area contributed by atoms with Crippen molar-refractivity contribution >= 4 is 17.7 Å². The van der Waals surface area contributed by atoms with E-state index in [0.29, 0.717) is 6.54 Å². The van der Waals surface area contributed by atoms with Crippen LogP contribution in [0.25, 0.3) is 0 Å². The average Bonchev–Trinajstić information content (AvgIpc) is 2.42. The largest absolute Gasteiger partial charge is 0.344 e. The van der Waals surface area contributed by atoms with Gasteiger partial charge in [0, 0.05) is 26.0 Å². The summed E-state index contributed by atoms with van der Waals surface area (Å²) in [6.07, 6.45) is 7.12. The van der Waals surface area contributed by atoms with Gasteiger partial charge in [-0.3, -0.25) is 9.78 Å². The van der Waals surface area contributed by atoms with Crippen molar-refractivity contribution in [2.24, 2.45) is 5.73 Å². The molecule has 1 aromatic rings. The number of carbonyl (C=O) groups is 1. The number of pyridine rings is 1. The van der Waals surface area contributed by atoms with E-state index >= 15 is 0 Å². The van der Waals surface area contributed by atoms with E-state index in [0.717, 1.165) is 18.6 Å². The Labute approximate surface area is 113 Å². The summed E-state index contributed by atoms with van der Waals surface area (Å²) in [7, 11) is 1.81. The Kier molecular flexibility index (Phi) is 6.75. The minimum atomic E-state index is -0.375. The number of aromatic nitrogens is 1. The molecule has 1 aromatic heterocycles. The molecule has 0 aliphatic carbocycles. The molecule has 1 amide bonds. The van der Waals surface area contributed by atoms with Crippen molar-refractivity contribution in [2.45, 2.75) is 18.9 Å². The van der Waals surface area contributed by atoms with Crippen LogP contribution in [0.3, 0.4) is 0 Å². The lowest BCUT2D eigenvalue weighted by Crippen LogP contribution is -2.42. The van der Waals surface area contributed by atoms with Gasteiger partial charge in [0.05, 0.1) is 6.04 Å². The van der Waals surface area contributed by atoms with Crippen LogP contribution in [-0.4, -0.2) is 47.4 Å². The number of thioether (sulfide) groups is 1. The van der Waals surface area contributed by atoms with Gasteiger partial charge in [0.15, 0.2) is 0 Å². The minimum Gasteiger partial charge on any atom is -0.344 e. The lowest BCUT2D eigenvalue weighted by atomic mass is 10.1. The molecule has 0 saturated carbocycles. The number of nitrogens with two attached hydrogens (primary N) is 1. The summed E-state index contributed by atoms with van der Waals surface area (Å²) < 4.78 is 0. The Morgan fingerprint density at radius 3 is 2.78 bits per heavy atom. The number of amides is 1. The van der Waals surface area contributed by atoms with Crippen LogP contribution in [0.2, 0.25) is 0 Å². The zero-order chi connectivity index (χ0) is 13.4. The zero-order valence-electron chi connectivity index (χ0n) is 11.0. The van der Waals surface area contributed by atoms with Crippen LogP contribution < -0.4 is 5.73 Å². The Bertz CT molecular complexity index is 359. The highest BCUT2D eigenvalue weighted by molar-refractivity contribution is 7.98. The van der Waals surface area contributed by atoms with E-state index in [2.05, 4.69) is 4.98 Å². The van der Waals surface area contributed by atoms with Crippen LogP contribution in [0.5, 0.6) is 0 Å². The highest BCUT2D eigenvalue weighted by atomic mass is 32.2. The fraction of sp³-hybridized carbons (Fsp3) is 0.538. The molecule has 1 rings (SSSR count). The van der Waals surface area contributed by atoms with Gasteiger partial charge in [-0.25, -0.2) is 0 Å². The molecule has 5 heteroatoms. The molecule has 18 heavy (non-hydrogen) atoms. The van der Waals surface area contributed by atoms with Crippen LogP contribution in [0.1, 0.15) is 12.0 Å². The molecule has 0 fully saturated rings. The first-order chi connectivity index (χ1) is 8.65. The van der Waals surface area contributed by atoms with Crippen LogP contribution >= 0.6 is 11.8 Å². The molecule has 2 N–H and O–H groups in total. The molecule has 1 heterocycles. The second-order valence-electron chi connectivity index (χ2n) is 4.25. The van der Waals surface area contributed by atoms with Gasteiger partial charge in [0.25, 0.3) is 0 Å². The maximum absolute atomic E-state index is 11.9. The molecule has 0 spiro atoms. The number of likely N-dealkylation sites (N-methyl/N-ethyl adjacent to an activating group) is 1. The SMILES string of the molecule is CSCC[C@@H](N)C(=O)N(C)CCc1ccncc1. The van der Waals surface area contributed by atoms with Gasteiger partial charge in [-0.1, -0.05) is 0 Å². The minimum absolute atomic E-state index is 0.0260. The van der Waals surface area contributed by atoms with Gasteiger partial charge < -0.3 is 10.6 Å². The number of nitrogens with zero attached hydrogens (tertiary/aromatic N) is 2. The quantitative estimate of drug-likeness (QED) is 0.805. The van der Waals surface area contributed by atoms with E-state index in [1.54, 1.807) is 29.1 Å². The number of hydrogen-bond acceptors (Lipinski definition) is 4. The first-order valence-corrected chi connectivity index (χ1v) is 7.43. The van der Waals surface area contributed by atoms with Crippen molar-refractivity contribution in [3.8, 4) is 0 Å². The lowest BCUT2D eigenvalue weighted by molar-refractivity contribution is -0.131. The van der Waals surface area contributed by atoms with Crippen molar-refractivity contribution in [1.82, 2.24) is 9.88 Å². The number of rotatable bonds is 7. The van der Waals surface area contributed by atoms with Gasteiger partial charge in [-0.05, 0) is 42.5 Å². The van der Waals surface area contributed by atoms with E-state index < -0.39 is 0 Å². The Balaban J connectivity index is 2.35. The summed E-state index contributed by atoms with van der Waals surface area (Å²) >= 11 is 1.71. The first-order valence-electron chi connectivity index (χ1n) is 6.03. The van der Waals surface area contributed by atoms with E-state index in [1.165, 1.54) is 5.56 Å². The molecule has 4 nitrogen and oxygen atoms in total. The van der Waals surface area contributed by atoms with Crippen molar-refractivity contribution in [1.29, 1.82) is 0 Å². The summed E-state index contributed by atoms with van der Waals surface area (Å²) in [4.78, 5) is 17.6. The average molecular weight is 267 g/mol. The van der Waals surface area contributed by atoms with Gasteiger partial charge in [-0.15, -0.1) is 0 Å². The summed E-state index contributed by atoms with van der Waals surface area (Å²) in [5.41, 5.74) is 7.04. The van der Waals surface area contributed by atoms with Crippen LogP contribution in [-0.2, 0) is 11.2 Å². The van der Waals surface area contributed by atoms with Crippen molar-refractivity contribution in [2.75, 3.05) is 25.6 Å². The van der Waals surface area contributed by atoms with Crippen LogP contribution in [0.4, 0.5) is 0 Å². The second-order valence-corrected chi connectivity index (χ2v) is 5.24. The van der Waals surface area contributed by atoms with Crippen molar-refractivity contribution in [3.05, 3.63) is 30.1 Å². The molecule has 0 saturated heterocycles. The molecule has 0 aliphatic heterocycles. The summed E-state index contributed by atoms with van der Waals surface area (Å²) in [5, 5.41) is 0. The molecule has 0 aliphatic rings. The number of hydrogen-bond donors (Lipinski definition) is 1. The Morgan fingerprint density at radius 1 is 1.50 bits per heavy atom. The van der Waals surface area contributed by atoms with Crippen molar-refractivity contribution in [3.63, 3.8) is 0 Å². The maximum Gasteiger partial charge on any atom is 0.239 e. The first kappa shape index (κ1) is 15.0. The third kappa shape index (κ3) is 5.06. The van der Waals surface area contributed by atoms with Gasteiger partial charge in [0.1, 0.15) is 0 Å². The monoisotopic (exact) mass is 267 g/mol. The highest BCUT2D eigenvalue weighted by Crippen LogP contribution is 2.03. The predicted octanol–water partition coefficient (Wildman–Crippen LogP) is 1.16. The zero-order valence-corrected chi connectivity index (χ0v) is 11.8.